The highest BCUT2D eigenvalue weighted by atomic mass is 16.5. The number of nitrogens with one attached hydrogen (secondary N) is 1. The molecule has 21 heavy (non-hydrogen) atoms. The maximum absolute atomic E-state index is 11.9. The van der Waals surface area contributed by atoms with Gasteiger partial charge in [0.15, 0.2) is 6.61 Å². The monoisotopic (exact) mass is 289 g/mol. The van der Waals surface area contributed by atoms with Crippen molar-refractivity contribution in [3.63, 3.8) is 0 Å². The SMILES string of the molecule is CC1CCCC(NC(=O)COC(=O)c2ccccc2)C1C. The normalized spacial score (nSPS) is 25.1. The van der Waals surface area contributed by atoms with Gasteiger partial charge in [0, 0.05) is 6.04 Å². The minimum Gasteiger partial charge on any atom is -0.452 e. The number of benzene rings is 1. The van der Waals surface area contributed by atoms with Gasteiger partial charge in [-0.15, -0.1) is 0 Å². The number of ether oxygens (including phenoxy) is 1. The first kappa shape index (κ1) is 15.5. The Kier molecular flexibility index (Phi) is 5.37. The zero-order valence-electron chi connectivity index (χ0n) is 12.7. The molecule has 1 aromatic carbocycles. The largest absolute Gasteiger partial charge is 0.452 e. The highest BCUT2D eigenvalue weighted by Gasteiger charge is 2.28. The number of hydrogen-bond acceptors (Lipinski definition) is 3. The predicted molar refractivity (Wildman–Crippen MR) is 80.8 cm³/mol. The van der Waals surface area contributed by atoms with Crippen molar-refractivity contribution in [3.05, 3.63) is 35.9 Å². The summed E-state index contributed by atoms with van der Waals surface area (Å²) in [5.74, 6) is 0.407. The van der Waals surface area contributed by atoms with Crippen molar-refractivity contribution < 1.29 is 14.3 Å². The molecule has 4 heteroatoms. The van der Waals surface area contributed by atoms with E-state index in [-0.39, 0.29) is 18.6 Å². The van der Waals surface area contributed by atoms with E-state index in [0.29, 0.717) is 17.4 Å². The third kappa shape index (κ3) is 4.31. The van der Waals surface area contributed by atoms with Crippen LogP contribution < -0.4 is 5.32 Å². The Morgan fingerprint density at radius 1 is 1.19 bits per heavy atom. The molecule has 1 N–H and O–H groups in total. The van der Waals surface area contributed by atoms with Crippen molar-refractivity contribution >= 4 is 11.9 Å². The molecular formula is C17H23NO3. The van der Waals surface area contributed by atoms with Crippen LogP contribution in [0.25, 0.3) is 0 Å². The van der Waals surface area contributed by atoms with Crippen LogP contribution in [0.5, 0.6) is 0 Å². The van der Waals surface area contributed by atoms with Gasteiger partial charge in [0.2, 0.25) is 0 Å². The lowest BCUT2D eigenvalue weighted by Crippen LogP contribution is -2.45. The quantitative estimate of drug-likeness (QED) is 0.867. The highest BCUT2D eigenvalue weighted by molar-refractivity contribution is 5.91. The van der Waals surface area contributed by atoms with E-state index in [0.717, 1.165) is 12.8 Å². The predicted octanol–water partition coefficient (Wildman–Crippen LogP) is 2.78. The zero-order chi connectivity index (χ0) is 15.2. The first-order valence-corrected chi connectivity index (χ1v) is 7.59. The summed E-state index contributed by atoms with van der Waals surface area (Å²) in [6.07, 6.45) is 3.36. The van der Waals surface area contributed by atoms with E-state index in [9.17, 15) is 9.59 Å². The van der Waals surface area contributed by atoms with Crippen LogP contribution in [-0.2, 0) is 9.53 Å². The molecule has 3 unspecified atom stereocenters. The summed E-state index contributed by atoms with van der Waals surface area (Å²) in [5, 5.41) is 2.99. The molecule has 1 aromatic rings. The van der Waals surface area contributed by atoms with Gasteiger partial charge in [0.25, 0.3) is 5.91 Å². The minimum absolute atomic E-state index is 0.191. The molecule has 1 amide bonds. The Hall–Kier alpha value is -1.84. The molecule has 3 atom stereocenters. The van der Waals surface area contributed by atoms with Gasteiger partial charge in [-0.2, -0.15) is 0 Å². The molecule has 0 aromatic heterocycles. The van der Waals surface area contributed by atoms with E-state index in [4.69, 9.17) is 4.74 Å². The minimum atomic E-state index is -0.462. The second-order valence-electron chi connectivity index (χ2n) is 5.88. The molecule has 1 aliphatic carbocycles. The van der Waals surface area contributed by atoms with Gasteiger partial charge in [-0.3, -0.25) is 4.79 Å². The molecule has 0 heterocycles. The van der Waals surface area contributed by atoms with Crippen LogP contribution in [0.2, 0.25) is 0 Å². The van der Waals surface area contributed by atoms with Gasteiger partial charge < -0.3 is 10.1 Å². The standard InChI is InChI=1S/C17H23NO3/c1-12-7-6-10-15(13(12)2)18-16(19)11-21-17(20)14-8-4-3-5-9-14/h3-5,8-9,12-13,15H,6-7,10-11H2,1-2H3,(H,18,19). The summed E-state index contributed by atoms with van der Waals surface area (Å²) in [6.45, 7) is 4.18. The van der Waals surface area contributed by atoms with Gasteiger partial charge in [-0.25, -0.2) is 4.79 Å². The summed E-state index contributed by atoms with van der Waals surface area (Å²) in [7, 11) is 0. The molecule has 0 bridgehead atoms. The number of hydrogen-bond donors (Lipinski definition) is 1. The molecule has 0 radical (unpaired) electrons. The molecular weight excluding hydrogens is 266 g/mol. The maximum atomic E-state index is 11.9. The Morgan fingerprint density at radius 3 is 2.62 bits per heavy atom. The van der Waals surface area contributed by atoms with Crippen molar-refractivity contribution in [2.75, 3.05) is 6.61 Å². The number of carbonyl (C=O) groups excluding carboxylic acids is 2. The third-order valence-corrected chi connectivity index (χ3v) is 4.40. The first-order chi connectivity index (χ1) is 10.1. The zero-order valence-corrected chi connectivity index (χ0v) is 12.7. The smallest absolute Gasteiger partial charge is 0.338 e. The lowest BCUT2D eigenvalue weighted by Gasteiger charge is -2.34. The molecule has 2 rings (SSSR count). The van der Waals surface area contributed by atoms with Crippen LogP contribution in [-0.4, -0.2) is 24.5 Å². The van der Waals surface area contributed by atoms with Crippen LogP contribution in [0.15, 0.2) is 30.3 Å². The van der Waals surface area contributed by atoms with Gasteiger partial charge in [-0.1, -0.05) is 44.9 Å². The van der Waals surface area contributed by atoms with Crippen molar-refractivity contribution in [3.8, 4) is 0 Å². The molecule has 114 valence electrons. The fraction of sp³-hybridized carbons (Fsp3) is 0.529. The van der Waals surface area contributed by atoms with Crippen LogP contribution in [0.1, 0.15) is 43.5 Å². The van der Waals surface area contributed by atoms with Gasteiger partial charge >= 0.3 is 5.97 Å². The summed E-state index contributed by atoms with van der Waals surface area (Å²) in [6, 6.07) is 8.89. The van der Waals surface area contributed by atoms with Crippen molar-refractivity contribution in [1.29, 1.82) is 0 Å². The fourth-order valence-electron chi connectivity index (χ4n) is 2.82. The van der Waals surface area contributed by atoms with E-state index in [1.54, 1.807) is 24.3 Å². The topological polar surface area (TPSA) is 55.4 Å². The van der Waals surface area contributed by atoms with Crippen molar-refractivity contribution in [1.82, 2.24) is 5.32 Å². The highest BCUT2D eigenvalue weighted by Crippen LogP contribution is 2.29. The van der Waals surface area contributed by atoms with Crippen molar-refractivity contribution in [2.24, 2.45) is 11.8 Å². The summed E-state index contributed by atoms with van der Waals surface area (Å²) in [5.41, 5.74) is 0.463. The van der Waals surface area contributed by atoms with E-state index < -0.39 is 5.97 Å². The van der Waals surface area contributed by atoms with Gasteiger partial charge in [0.05, 0.1) is 5.56 Å². The third-order valence-electron chi connectivity index (χ3n) is 4.40. The second-order valence-corrected chi connectivity index (χ2v) is 5.88. The van der Waals surface area contributed by atoms with E-state index in [1.165, 1.54) is 6.42 Å². The lowest BCUT2D eigenvalue weighted by molar-refractivity contribution is -0.125. The number of esters is 1. The van der Waals surface area contributed by atoms with Crippen LogP contribution in [0.4, 0.5) is 0 Å². The van der Waals surface area contributed by atoms with Gasteiger partial charge in [-0.05, 0) is 30.4 Å². The average Bonchev–Trinajstić information content (AvgIpc) is 2.50. The van der Waals surface area contributed by atoms with Crippen LogP contribution in [0, 0.1) is 11.8 Å². The van der Waals surface area contributed by atoms with Crippen molar-refractivity contribution in [2.45, 2.75) is 39.2 Å². The molecule has 0 saturated heterocycles. The van der Waals surface area contributed by atoms with Crippen LogP contribution in [0.3, 0.4) is 0 Å². The summed E-state index contributed by atoms with van der Waals surface area (Å²) >= 11 is 0. The number of carbonyl (C=O) groups is 2. The number of amides is 1. The second kappa shape index (κ2) is 7.25. The Balaban J connectivity index is 1.78. The molecule has 1 saturated carbocycles. The summed E-state index contributed by atoms with van der Waals surface area (Å²) in [4.78, 5) is 23.7. The maximum Gasteiger partial charge on any atom is 0.338 e. The Labute approximate surface area is 125 Å². The lowest BCUT2D eigenvalue weighted by atomic mass is 9.78. The van der Waals surface area contributed by atoms with Crippen LogP contribution >= 0.6 is 0 Å². The Bertz CT molecular complexity index is 486. The number of rotatable bonds is 4. The molecule has 1 aliphatic rings. The summed E-state index contributed by atoms with van der Waals surface area (Å²) < 4.78 is 5.04. The van der Waals surface area contributed by atoms with Gasteiger partial charge in [0.1, 0.15) is 0 Å². The molecule has 1 fully saturated rings. The van der Waals surface area contributed by atoms with E-state index in [1.807, 2.05) is 6.07 Å². The fourth-order valence-corrected chi connectivity index (χ4v) is 2.82. The van der Waals surface area contributed by atoms with E-state index in [2.05, 4.69) is 19.2 Å². The molecule has 0 aliphatic heterocycles. The molecule has 0 spiro atoms. The first-order valence-electron chi connectivity index (χ1n) is 7.59. The van der Waals surface area contributed by atoms with E-state index >= 15 is 0 Å². The Morgan fingerprint density at radius 2 is 1.90 bits per heavy atom. The average molecular weight is 289 g/mol. The molecule has 4 nitrogen and oxygen atoms in total.